The second-order valence-corrected chi connectivity index (χ2v) is 4.03. The minimum absolute atomic E-state index is 0.0279. The number of H-pyrrole nitrogens is 1. The first-order chi connectivity index (χ1) is 9.08. The largest absolute Gasteiger partial charge is 0.335 e. The van der Waals surface area contributed by atoms with Crippen LogP contribution in [0.4, 0.5) is 10.5 Å². The molecule has 2 aromatic rings. The summed E-state index contributed by atoms with van der Waals surface area (Å²) in [7, 11) is 0. The van der Waals surface area contributed by atoms with Gasteiger partial charge in [-0.2, -0.15) is 15.4 Å². The van der Waals surface area contributed by atoms with Gasteiger partial charge < -0.3 is 5.32 Å². The first-order valence-corrected chi connectivity index (χ1v) is 5.62. The van der Waals surface area contributed by atoms with Crippen molar-refractivity contribution in [3.05, 3.63) is 51.8 Å². The van der Waals surface area contributed by atoms with Crippen LogP contribution in [0.1, 0.15) is 17.3 Å². The number of hydrogen-bond donors (Lipinski definition) is 3. The predicted octanol–water partition coefficient (Wildman–Crippen LogP) is 1.44. The fraction of sp³-hybridized carbons (Fsp3) is 0.100. The standard InChI is InChI=1S/C10H9N5O3S/c16-10(19)12-9(8-5-11-14-13-8)6-1-3-7(4-2-6)15(17)18/h1-5,9H,(H,11,13,14)(H2,12,16,19). The van der Waals surface area contributed by atoms with Crippen molar-refractivity contribution in [1.82, 2.24) is 20.7 Å². The summed E-state index contributed by atoms with van der Waals surface area (Å²) in [5.41, 5.74) is 1.10. The van der Waals surface area contributed by atoms with Gasteiger partial charge >= 0.3 is 0 Å². The Hall–Kier alpha value is -2.42. The normalized spacial score (nSPS) is 11.8. The lowest BCUT2D eigenvalue weighted by atomic mass is 10.0. The van der Waals surface area contributed by atoms with Gasteiger partial charge in [-0.25, -0.2) is 0 Å². The van der Waals surface area contributed by atoms with Crippen LogP contribution in [0.5, 0.6) is 0 Å². The van der Waals surface area contributed by atoms with Gasteiger partial charge in [0, 0.05) is 12.1 Å². The van der Waals surface area contributed by atoms with Crippen molar-refractivity contribution in [2.24, 2.45) is 0 Å². The van der Waals surface area contributed by atoms with Crippen molar-refractivity contribution in [2.75, 3.05) is 0 Å². The Labute approximate surface area is 112 Å². The van der Waals surface area contributed by atoms with Crippen LogP contribution in [0.2, 0.25) is 0 Å². The van der Waals surface area contributed by atoms with Gasteiger partial charge in [0.15, 0.2) is 0 Å². The summed E-state index contributed by atoms with van der Waals surface area (Å²) in [6.07, 6.45) is 1.45. The summed E-state index contributed by atoms with van der Waals surface area (Å²) in [5.74, 6) is 0. The van der Waals surface area contributed by atoms with E-state index >= 15 is 0 Å². The molecule has 1 amide bonds. The number of rotatable bonds is 4. The molecule has 1 atom stereocenters. The van der Waals surface area contributed by atoms with Crippen molar-refractivity contribution >= 4 is 23.6 Å². The number of benzene rings is 1. The number of nitro groups is 1. The smallest absolute Gasteiger partial charge is 0.276 e. The van der Waals surface area contributed by atoms with E-state index in [0.717, 1.165) is 0 Å². The number of nitro benzene ring substituents is 1. The highest BCUT2D eigenvalue weighted by molar-refractivity contribution is 7.96. The number of carbonyl (C=O) groups excluding carboxylic acids is 1. The first kappa shape index (κ1) is 13.0. The van der Waals surface area contributed by atoms with Crippen molar-refractivity contribution in [2.45, 2.75) is 6.04 Å². The molecule has 0 fully saturated rings. The molecular formula is C10H9N5O3S. The maximum Gasteiger partial charge on any atom is 0.276 e. The van der Waals surface area contributed by atoms with Crippen LogP contribution >= 0.6 is 12.6 Å². The fourth-order valence-electron chi connectivity index (χ4n) is 1.59. The summed E-state index contributed by atoms with van der Waals surface area (Å²) in [4.78, 5) is 21.2. The van der Waals surface area contributed by atoms with E-state index < -0.39 is 16.2 Å². The van der Waals surface area contributed by atoms with Gasteiger partial charge in [-0.15, -0.1) is 0 Å². The molecule has 0 aliphatic carbocycles. The van der Waals surface area contributed by atoms with Gasteiger partial charge in [0.2, 0.25) is 0 Å². The Kier molecular flexibility index (Phi) is 3.76. The number of thiol groups is 1. The van der Waals surface area contributed by atoms with E-state index in [4.69, 9.17) is 0 Å². The molecule has 2 rings (SSSR count). The molecule has 0 radical (unpaired) electrons. The third kappa shape index (κ3) is 3.07. The van der Waals surface area contributed by atoms with Gasteiger partial charge in [-0.05, 0) is 17.7 Å². The molecule has 0 saturated carbocycles. The number of amides is 1. The SMILES string of the molecule is O=C(S)NC(c1ccc([N+](=O)[O-])cc1)c1cn[nH]n1. The van der Waals surface area contributed by atoms with Gasteiger partial charge in [-0.3, -0.25) is 14.9 Å². The summed E-state index contributed by atoms with van der Waals surface area (Å²) in [5, 5.41) is 22.6. The molecule has 8 nitrogen and oxygen atoms in total. The molecular weight excluding hydrogens is 270 g/mol. The molecule has 0 aliphatic rings. The highest BCUT2D eigenvalue weighted by Gasteiger charge is 2.19. The third-order valence-corrected chi connectivity index (χ3v) is 2.56. The molecule has 9 heteroatoms. The highest BCUT2D eigenvalue weighted by Crippen LogP contribution is 2.22. The zero-order valence-corrected chi connectivity index (χ0v) is 10.4. The Morgan fingerprint density at radius 3 is 2.58 bits per heavy atom. The second kappa shape index (κ2) is 5.48. The Morgan fingerprint density at radius 2 is 2.11 bits per heavy atom. The van der Waals surface area contributed by atoms with Crippen LogP contribution < -0.4 is 5.32 Å². The minimum Gasteiger partial charge on any atom is -0.335 e. The van der Waals surface area contributed by atoms with E-state index in [0.29, 0.717) is 11.3 Å². The molecule has 0 bridgehead atoms. The lowest BCUT2D eigenvalue weighted by Crippen LogP contribution is -2.25. The molecule has 1 unspecified atom stereocenters. The van der Waals surface area contributed by atoms with Crippen LogP contribution in [0.25, 0.3) is 0 Å². The highest BCUT2D eigenvalue weighted by atomic mass is 32.1. The summed E-state index contributed by atoms with van der Waals surface area (Å²) in [6.45, 7) is 0. The zero-order valence-electron chi connectivity index (χ0n) is 9.48. The van der Waals surface area contributed by atoms with E-state index in [1.165, 1.54) is 18.3 Å². The maximum absolute atomic E-state index is 11.1. The maximum atomic E-state index is 11.1. The summed E-state index contributed by atoms with van der Waals surface area (Å²) < 4.78 is 0. The molecule has 19 heavy (non-hydrogen) atoms. The molecule has 2 N–H and O–H groups in total. The number of hydrogen-bond acceptors (Lipinski definition) is 5. The Bertz CT molecular complexity index is 584. The van der Waals surface area contributed by atoms with Crippen molar-refractivity contribution in [3.8, 4) is 0 Å². The second-order valence-electron chi connectivity index (χ2n) is 3.63. The van der Waals surface area contributed by atoms with E-state index in [-0.39, 0.29) is 5.69 Å². The molecule has 0 aliphatic heterocycles. The molecule has 1 aromatic carbocycles. The van der Waals surface area contributed by atoms with E-state index in [1.807, 2.05) is 0 Å². The van der Waals surface area contributed by atoms with Gasteiger partial charge in [0.25, 0.3) is 10.9 Å². The van der Waals surface area contributed by atoms with Gasteiger partial charge in [0.05, 0.1) is 11.1 Å². The monoisotopic (exact) mass is 279 g/mol. The average Bonchev–Trinajstić information content (AvgIpc) is 2.89. The molecule has 98 valence electrons. The van der Waals surface area contributed by atoms with Crippen molar-refractivity contribution in [3.63, 3.8) is 0 Å². The van der Waals surface area contributed by atoms with Crippen LogP contribution in [0.15, 0.2) is 30.5 Å². The summed E-state index contributed by atoms with van der Waals surface area (Å²) >= 11 is 3.66. The Morgan fingerprint density at radius 1 is 1.42 bits per heavy atom. The van der Waals surface area contributed by atoms with Crippen LogP contribution in [-0.2, 0) is 0 Å². The molecule has 1 heterocycles. The number of nitrogens with zero attached hydrogens (tertiary/aromatic N) is 3. The van der Waals surface area contributed by atoms with Crippen molar-refractivity contribution in [1.29, 1.82) is 0 Å². The number of aromatic amines is 1. The van der Waals surface area contributed by atoms with Crippen LogP contribution in [0, 0.1) is 10.1 Å². The first-order valence-electron chi connectivity index (χ1n) is 5.17. The van der Waals surface area contributed by atoms with E-state index in [1.54, 1.807) is 12.1 Å². The topological polar surface area (TPSA) is 114 Å². The van der Waals surface area contributed by atoms with Gasteiger partial charge in [-0.1, -0.05) is 12.6 Å². The van der Waals surface area contributed by atoms with Crippen molar-refractivity contribution < 1.29 is 9.72 Å². The molecule has 0 spiro atoms. The minimum atomic E-state index is -0.565. The number of nitrogens with one attached hydrogen (secondary N) is 2. The van der Waals surface area contributed by atoms with Crippen LogP contribution in [0.3, 0.4) is 0 Å². The third-order valence-electron chi connectivity index (χ3n) is 2.43. The number of aromatic nitrogens is 3. The van der Waals surface area contributed by atoms with E-state index in [2.05, 4.69) is 33.4 Å². The quantitative estimate of drug-likeness (QED) is 0.445. The number of carbonyl (C=O) groups is 1. The van der Waals surface area contributed by atoms with Gasteiger partial charge in [0.1, 0.15) is 11.7 Å². The lowest BCUT2D eigenvalue weighted by molar-refractivity contribution is -0.384. The lowest BCUT2D eigenvalue weighted by Gasteiger charge is -2.14. The zero-order chi connectivity index (χ0) is 13.8. The van der Waals surface area contributed by atoms with E-state index in [9.17, 15) is 14.9 Å². The fourth-order valence-corrected chi connectivity index (χ4v) is 1.72. The summed E-state index contributed by atoms with van der Waals surface area (Å²) in [6, 6.07) is 5.23. The average molecular weight is 279 g/mol. The Balaban J connectivity index is 2.33. The molecule has 0 saturated heterocycles. The number of non-ortho nitro benzene ring substituents is 1. The molecule has 1 aromatic heterocycles. The van der Waals surface area contributed by atoms with Crippen LogP contribution in [-0.4, -0.2) is 25.6 Å². The predicted molar refractivity (Wildman–Crippen MR) is 68.8 cm³/mol.